The Morgan fingerprint density at radius 3 is 2.71 bits per heavy atom. The summed E-state index contributed by atoms with van der Waals surface area (Å²) in [7, 11) is -3.58. The maximum absolute atomic E-state index is 12.5. The van der Waals surface area contributed by atoms with Gasteiger partial charge in [-0.1, -0.05) is 26.8 Å². The molecule has 1 aromatic rings. The number of sulfonamides is 1. The lowest BCUT2D eigenvalue weighted by molar-refractivity contribution is 0.370. The Morgan fingerprint density at radius 2 is 2.14 bits per heavy atom. The van der Waals surface area contributed by atoms with Gasteiger partial charge in [0.2, 0.25) is 5.09 Å². The standard InChI is InChI=1S/C15H26N2O3S/c1-5-9-17(10-6-2)21(18,19)15-8-7-14(20-15)12-16-11-13(3)4/h5,7-8,13,16H,1,6,9-12H2,2-4H3. The van der Waals surface area contributed by atoms with Crippen molar-refractivity contribution >= 4 is 10.0 Å². The van der Waals surface area contributed by atoms with Crippen LogP contribution in [0.4, 0.5) is 0 Å². The molecule has 0 aromatic carbocycles. The van der Waals surface area contributed by atoms with Crippen molar-refractivity contribution in [1.29, 1.82) is 0 Å². The predicted octanol–water partition coefficient (Wildman–Crippen LogP) is 2.61. The lowest BCUT2D eigenvalue weighted by atomic mass is 10.2. The molecule has 120 valence electrons. The van der Waals surface area contributed by atoms with Crippen molar-refractivity contribution in [3.8, 4) is 0 Å². The molecule has 1 rings (SSSR count). The van der Waals surface area contributed by atoms with Gasteiger partial charge in [0, 0.05) is 13.1 Å². The predicted molar refractivity (Wildman–Crippen MR) is 84.5 cm³/mol. The van der Waals surface area contributed by atoms with Crippen LogP contribution in [0.25, 0.3) is 0 Å². The first-order valence-electron chi connectivity index (χ1n) is 7.32. The van der Waals surface area contributed by atoms with E-state index < -0.39 is 10.0 Å². The molecule has 21 heavy (non-hydrogen) atoms. The summed E-state index contributed by atoms with van der Waals surface area (Å²) in [5, 5.41) is 3.23. The summed E-state index contributed by atoms with van der Waals surface area (Å²) >= 11 is 0. The molecular formula is C15H26N2O3S. The van der Waals surface area contributed by atoms with Crippen LogP contribution in [0, 0.1) is 5.92 Å². The van der Waals surface area contributed by atoms with E-state index in [1.54, 1.807) is 12.1 Å². The molecule has 1 N–H and O–H groups in total. The molecule has 0 spiro atoms. The third-order valence-corrected chi connectivity index (χ3v) is 4.63. The van der Waals surface area contributed by atoms with Crippen LogP contribution in [0.3, 0.4) is 0 Å². The van der Waals surface area contributed by atoms with Crippen molar-refractivity contribution in [2.45, 2.75) is 38.8 Å². The highest BCUT2D eigenvalue weighted by Gasteiger charge is 2.26. The monoisotopic (exact) mass is 314 g/mol. The highest BCUT2D eigenvalue weighted by Crippen LogP contribution is 2.19. The minimum atomic E-state index is -3.58. The minimum Gasteiger partial charge on any atom is -0.447 e. The molecule has 0 aliphatic rings. The number of hydrogen-bond acceptors (Lipinski definition) is 4. The summed E-state index contributed by atoms with van der Waals surface area (Å²) in [5.74, 6) is 1.17. The van der Waals surface area contributed by atoms with E-state index in [4.69, 9.17) is 4.42 Å². The van der Waals surface area contributed by atoms with E-state index in [2.05, 4.69) is 25.7 Å². The molecule has 0 bridgehead atoms. The van der Waals surface area contributed by atoms with E-state index in [0.717, 1.165) is 13.0 Å². The minimum absolute atomic E-state index is 0.000790. The second-order valence-corrected chi connectivity index (χ2v) is 7.27. The van der Waals surface area contributed by atoms with Gasteiger partial charge in [0.1, 0.15) is 5.76 Å². The van der Waals surface area contributed by atoms with Crippen molar-refractivity contribution in [2.24, 2.45) is 5.92 Å². The summed E-state index contributed by atoms with van der Waals surface area (Å²) in [5.41, 5.74) is 0. The Labute approximate surface area is 128 Å². The van der Waals surface area contributed by atoms with Crippen LogP contribution >= 0.6 is 0 Å². The molecule has 0 aliphatic carbocycles. The van der Waals surface area contributed by atoms with Crippen molar-refractivity contribution in [3.05, 3.63) is 30.5 Å². The first kappa shape index (κ1) is 17.9. The highest BCUT2D eigenvalue weighted by molar-refractivity contribution is 7.89. The molecule has 0 aliphatic heterocycles. The summed E-state index contributed by atoms with van der Waals surface area (Å²) in [6.07, 6.45) is 2.33. The van der Waals surface area contributed by atoms with E-state index in [1.807, 2.05) is 6.92 Å². The molecule has 0 radical (unpaired) electrons. The largest absolute Gasteiger partial charge is 0.447 e. The zero-order valence-corrected chi connectivity index (χ0v) is 13.9. The van der Waals surface area contributed by atoms with Gasteiger partial charge in [0.25, 0.3) is 10.0 Å². The van der Waals surface area contributed by atoms with E-state index in [1.165, 1.54) is 10.4 Å². The highest BCUT2D eigenvalue weighted by atomic mass is 32.2. The maximum Gasteiger partial charge on any atom is 0.276 e. The van der Waals surface area contributed by atoms with Crippen LogP contribution in [0.15, 0.2) is 34.3 Å². The van der Waals surface area contributed by atoms with Crippen molar-refractivity contribution in [2.75, 3.05) is 19.6 Å². The second kappa shape index (κ2) is 8.36. The Morgan fingerprint density at radius 1 is 1.43 bits per heavy atom. The summed E-state index contributed by atoms with van der Waals surface area (Å²) in [6.45, 7) is 11.9. The zero-order chi connectivity index (χ0) is 15.9. The van der Waals surface area contributed by atoms with Gasteiger partial charge >= 0.3 is 0 Å². The number of nitrogens with zero attached hydrogens (tertiary/aromatic N) is 1. The number of hydrogen-bond donors (Lipinski definition) is 1. The van der Waals surface area contributed by atoms with Gasteiger partial charge in [0.05, 0.1) is 6.54 Å². The normalized spacial score (nSPS) is 12.2. The molecule has 0 unspecified atom stereocenters. The summed E-state index contributed by atoms with van der Waals surface area (Å²) < 4.78 is 31.8. The zero-order valence-electron chi connectivity index (χ0n) is 13.1. The average Bonchev–Trinajstić information content (AvgIpc) is 2.87. The molecule has 0 saturated carbocycles. The SMILES string of the molecule is C=CCN(CCC)S(=O)(=O)c1ccc(CNCC(C)C)o1. The van der Waals surface area contributed by atoms with Crippen LogP contribution in [-0.2, 0) is 16.6 Å². The van der Waals surface area contributed by atoms with Gasteiger partial charge in [0.15, 0.2) is 0 Å². The second-order valence-electron chi connectivity index (χ2n) is 5.40. The summed E-state index contributed by atoms with van der Waals surface area (Å²) in [4.78, 5) is 0. The fraction of sp³-hybridized carbons (Fsp3) is 0.600. The van der Waals surface area contributed by atoms with Gasteiger partial charge in [-0.3, -0.25) is 0 Å². The summed E-state index contributed by atoms with van der Waals surface area (Å²) in [6, 6.07) is 3.23. The molecule has 0 atom stereocenters. The van der Waals surface area contributed by atoms with E-state index >= 15 is 0 Å². The molecule has 1 heterocycles. The van der Waals surface area contributed by atoms with Gasteiger partial charge < -0.3 is 9.73 Å². The van der Waals surface area contributed by atoms with Gasteiger partial charge in [-0.2, -0.15) is 4.31 Å². The van der Waals surface area contributed by atoms with Crippen LogP contribution in [0.1, 0.15) is 33.0 Å². The molecular weight excluding hydrogens is 288 g/mol. The molecule has 0 fully saturated rings. The molecule has 0 saturated heterocycles. The first-order valence-corrected chi connectivity index (χ1v) is 8.76. The topological polar surface area (TPSA) is 62.6 Å². The van der Waals surface area contributed by atoms with E-state index in [-0.39, 0.29) is 11.6 Å². The number of rotatable bonds is 10. The fourth-order valence-electron chi connectivity index (χ4n) is 1.91. The first-order chi connectivity index (χ1) is 9.91. The molecule has 6 heteroatoms. The van der Waals surface area contributed by atoms with Gasteiger partial charge in [-0.15, -0.1) is 6.58 Å². The third kappa shape index (κ3) is 5.30. The molecule has 5 nitrogen and oxygen atoms in total. The fourth-order valence-corrected chi connectivity index (χ4v) is 3.34. The van der Waals surface area contributed by atoms with Crippen molar-refractivity contribution in [1.82, 2.24) is 9.62 Å². The van der Waals surface area contributed by atoms with Crippen molar-refractivity contribution < 1.29 is 12.8 Å². The van der Waals surface area contributed by atoms with Crippen LogP contribution in [0.5, 0.6) is 0 Å². The van der Waals surface area contributed by atoms with Crippen LogP contribution in [0.2, 0.25) is 0 Å². The van der Waals surface area contributed by atoms with E-state index in [9.17, 15) is 8.42 Å². The van der Waals surface area contributed by atoms with Crippen LogP contribution in [-0.4, -0.2) is 32.4 Å². The molecule has 1 aromatic heterocycles. The number of furan rings is 1. The van der Waals surface area contributed by atoms with Gasteiger partial charge in [-0.05, 0) is 31.0 Å². The number of nitrogens with one attached hydrogen (secondary N) is 1. The lowest BCUT2D eigenvalue weighted by Gasteiger charge is -2.18. The Hall–Kier alpha value is -1.11. The quantitative estimate of drug-likeness (QED) is 0.674. The third-order valence-electron chi connectivity index (χ3n) is 2.89. The lowest BCUT2D eigenvalue weighted by Crippen LogP contribution is -2.31. The Balaban J connectivity index is 2.79. The van der Waals surface area contributed by atoms with E-state index in [0.29, 0.717) is 24.8 Å². The van der Waals surface area contributed by atoms with Gasteiger partial charge in [-0.25, -0.2) is 8.42 Å². The Bertz CT molecular complexity index is 535. The van der Waals surface area contributed by atoms with Crippen LogP contribution < -0.4 is 5.32 Å². The smallest absolute Gasteiger partial charge is 0.276 e. The van der Waals surface area contributed by atoms with Crippen molar-refractivity contribution in [3.63, 3.8) is 0 Å². The Kier molecular flexibility index (Phi) is 7.14. The maximum atomic E-state index is 12.5. The molecule has 0 amide bonds. The average molecular weight is 314 g/mol.